The molecule has 0 heterocycles. The number of rotatable bonds is 3. The average molecular weight is 392 g/mol. The Balaban J connectivity index is 0. The third kappa shape index (κ3) is 5.18. The fraction of sp³-hybridized carbons (Fsp3) is 0.500. The zero-order valence-corrected chi connectivity index (χ0v) is 19.0. The topological polar surface area (TPSA) is 0 Å². The van der Waals surface area contributed by atoms with E-state index in [2.05, 4.69) is 71.6 Å². The summed E-state index contributed by atoms with van der Waals surface area (Å²) >= 11 is 0. The van der Waals surface area contributed by atoms with Crippen molar-refractivity contribution in [3.05, 3.63) is 35.4 Å². The van der Waals surface area contributed by atoms with Crippen LogP contribution in [0.25, 0.3) is 10.8 Å². The number of halogens is 2. The van der Waals surface area contributed by atoms with E-state index in [1.165, 1.54) is 21.9 Å². The Morgan fingerprint density at radius 1 is 0.864 bits per heavy atom. The van der Waals surface area contributed by atoms with Gasteiger partial charge >= 0.3 is 0 Å². The van der Waals surface area contributed by atoms with Gasteiger partial charge in [0, 0.05) is 21.7 Å². The van der Waals surface area contributed by atoms with Crippen LogP contribution >= 0.6 is 24.8 Å². The van der Waals surface area contributed by atoms with E-state index >= 15 is 0 Å². The summed E-state index contributed by atoms with van der Waals surface area (Å²) in [5, 5.41) is 4.52. The van der Waals surface area contributed by atoms with Gasteiger partial charge in [0.05, 0.1) is 8.07 Å². The first-order valence-corrected chi connectivity index (χ1v) is 10.9. The summed E-state index contributed by atoms with van der Waals surface area (Å²) in [6, 6.07) is 9.72. The van der Waals surface area contributed by atoms with E-state index in [-0.39, 0.29) is 46.5 Å². The standard InChI is InChI=1S/C18H27Si.2ClH.Ti/c1-12(2)14-8-15-9-16(19(5,6)7)11-18(15)17(10-14)13(3)4;;;/h8-13H,1-7H3;2*1H;/q-1;;;. The quantitative estimate of drug-likeness (QED) is 0.432. The molecule has 0 saturated heterocycles. The molecule has 0 atom stereocenters. The summed E-state index contributed by atoms with van der Waals surface area (Å²) in [6.45, 7) is 16.5. The van der Waals surface area contributed by atoms with Crippen molar-refractivity contribution in [2.75, 3.05) is 0 Å². The van der Waals surface area contributed by atoms with Crippen molar-refractivity contribution in [3.63, 3.8) is 0 Å². The van der Waals surface area contributed by atoms with Crippen LogP contribution in [0.15, 0.2) is 24.3 Å². The minimum Gasteiger partial charge on any atom is -0.168 e. The summed E-state index contributed by atoms with van der Waals surface area (Å²) in [5.41, 5.74) is 3.00. The van der Waals surface area contributed by atoms with Crippen LogP contribution < -0.4 is 5.19 Å². The van der Waals surface area contributed by atoms with Crippen LogP contribution in [-0.4, -0.2) is 8.07 Å². The fourth-order valence-electron chi connectivity index (χ4n) is 2.62. The molecule has 22 heavy (non-hydrogen) atoms. The van der Waals surface area contributed by atoms with Crippen molar-refractivity contribution >= 4 is 48.8 Å². The molecular formula is C18H29Cl2SiTi-. The van der Waals surface area contributed by atoms with E-state index in [1.807, 2.05) is 0 Å². The summed E-state index contributed by atoms with van der Waals surface area (Å²) < 4.78 is 0. The maximum absolute atomic E-state index is 2.46. The second kappa shape index (κ2) is 8.99. The van der Waals surface area contributed by atoms with E-state index in [0.29, 0.717) is 11.8 Å². The van der Waals surface area contributed by atoms with Crippen LogP contribution in [0.2, 0.25) is 19.6 Å². The molecule has 2 aromatic carbocycles. The number of hydrogen-bond donors (Lipinski definition) is 0. The van der Waals surface area contributed by atoms with Crippen molar-refractivity contribution < 1.29 is 21.7 Å². The van der Waals surface area contributed by atoms with Crippen LogP contribution in [0, 0.1) is 0 Å². The molecule has 0 radical (unpaired) electrons. The summed E-state index contributed by atoms with van der Waals surface area (Å²) in [5.74, 6) is 1.20. The molecule has 0 aliphatic heterocycles. The van der Waals surface area contributed by atoms with Crippen LogP contribution in [-0.2, 0) is 21.7 Å². The molecule has 0 aromatic heterocycles. The number of fused-ring (bicyclic) bond motifs is 1. The molecule has 0 fully saturated rings. The van der Waals surface area contributed by atoms with Crippen molar-refractivity contribution in [1.29, 1.82) is 0 Å². The second-order valence-corrected chi connectivity index (χ2v) is 12.5. The van der Waals surface area contributed by atoms with Gasteiger partial charge in [-0.3, -0.25) is 0 Å². The van der Waals surface area contributed by atoms with Gasteiger partial charge in [-0.25, -0.2) is 0 Å². The molecule has 2 rings (SSSR count). The molecule has 0 unspecified atom stereocenters. The molecule has 0 saturated carbocycles. The molecule has 2 aromatic rings. The van der Waals surface area contributed by atoms with Crippen molar-refractivity contribution in [2.45, 2.75) is 59.2 Å². The second-order valence-electron chi connectivity index (χ2n) is 7.42. The zero-order valence-electron chi connectivity index (χ0n) is 14.8. The Morgan fingerprint density at radius 3 is 1.82 bits per heavy atom. The summed E-state index contributed by atoms with van der Waals surface area (Å²) in [6.07, 6.45) is 0. The van der Waals surface area contributed by atoms with Crippen LogP contribution in [0.3, 0.4) is 0 Å². The molecule has 124 valence electrons. The average Bonchev–Trinajstić information content (AvgIpc) is 2.70. The molecule has 0 aliphatic carbocycles. The largest absolute Gasteiger partial charge is 0.168 e. The smallest absolute Gasteiger partial charge is 0.0564 e. The third-order valence-electron chi connectivity index (χ3n) is 4.03. The van der Waals surface area contributed by atoms with Crippen molar-refractivity contribution in [2.24, 2.45) is 0 Å². The van der Waals surface area contributed by atoms with Gasteiger partial charge in [0.25, 0.3) is 0 Å². The Bertz CT molecular complexity index is 595. The minimum absolute atomic E-state index is 0. The Morgan fingerprint density at radius 2 is 1.41 bits per heavy atom. The minimum atomic E-state index is -1.22. The van der Waals surface area contributed by atoms with Crippen molar-refractivity contribution in [3.8, 4) is 0 Å². The SMILES string of the molecule is CC(C)c1cc(C(C)C)c2cc([Si](C)(C)C)[cH-]c2c1.Cl.Cl.[Ti]. The Hall–Kier alpha value is 0.341. The van der Waals surface area contributed by atoms with Gasteiger partial charge in [-0.1, -0.05) is 64.5 Å². The van der Waals surface area contributed by atoms with Crippen molar-refractivity contribution in [1.82, 2.24) is 0 Å². The molecular weight excluding hydrogens is 363 g/mol. The Kier molecular flexibility index (Phi) is 10.0. The Labute approximate surface area is 164 Å². The molecule has 0 amide bonds. The van der Waals surface area contributed by atoms with E-state index in [9.17, 15) is 0 Å². The van der Waals surface area contributed by atoms with E-state index in [0.717, 1.165) is 0 Å². The summed E-state index contributed by atoms with van der Waals surface area (Å²) in [7, 11) is -1.22. The first-order valence-electron chi connectivity index (χ1n) is 7.45. The molecule has 0 aliphatic rings. The van der Waals surface area contributed by atoms with Gasteiger partial charge in [-0.2, -0.15) is 6.07 Å². The van der Waals surface area contributed by atoms with E-state index in [4.69, 9.17) is 0 Å². The first-order chi connectivity index (χ1) is 8.70. The van der Waals surface area contributed by atoms with Gasteiger partial charge in [-0.15, -0.1) is 52.9 Å². The molecule has 0 bridgehead atoms. The molecule has 0 spiro atoms. The normalized spacial score (nSPS) is 11.1. The van der Waals surface area contributed by atoms with Gasteiger partial charge < -0.3 is 0 Å². The number of hydrogen-bond acceptors (Lipinski definition) is 0. The summed E-state index contributed by atoms with van der Waals surface area (Å²) in [4.78, 5) is 0. The third-order valence-corrected chi connectivity index (χ3v) is 6.05. The predicted molar refractivity (Wildman–Crippen MR) is 105 cm³/mol. The molecule has 0 nitrogen and oxygen atoms in total. The number of benzene rings is 1. The van der Waals surface area contributed by atoms with Gasteiger partial charge in [0.2, 0.25) is 0 Å². The molecule has 4 heteroatoms. The molecule has 0 N–H and O–H groups in total. The van der Waals surface area contributed by atoms with E-state index < -0.39 is 8.07 Å². The van der Waals surface area contributed by atoms with Gasteiger partial charge in [0.1, 0.15) is 0 Å². The van der Waals surface area contributed by atoms with Gasteiger partial charge in [0.15, 0.2) is 0 Å². The van der Waals surface area contributed by atoms with Crippen LogP contribution in [0.5, 0.6) is 0 Å². The predicted octanol–water partition coefficient (Wildman–Crippen LogP) is 6.19. The maximum atomic E-state index is 2.46. The van der Waals surface area contributed by atoms with E-state index in [1.54, 1.807) is 5.19 Å². The first kappa shape index (κ1) is 24.6. The monoisotopic (exact) mass is 391 g/mol. The van der Waals surface area contributed by atoms with Gasteiger partial charge in [-0.05, 0) is 11.8 Å². The maximum Gasteiger partial charge on any atom is 0.0564 e. The fourth-order valence-corrected chi connectivity index (χ4v) is 3.78. The van der Waals surface area contributed by atoms with Crippen LogP contribution in [0.4, 0.5) is 0 Å². The zero-order chi connectivity index (χ0) is 14.4. The van der Waals surface area contributed by atoms with Crippen LogP contribution in [0.1, 0.15) is 50.7 Å².